The van der Waals surface area contributed by atoms with Crippen molar-refractivity contribution in [2.24, 2.45) is 0 Å². The first-order chi connectivity index (χ1) is 13.4. The molecule has 2 aromatic carbocycles. The predicted octanol–water partition coefficient (Wildman–Crippen LogP) is 4.33. The Hall–Kier alpha value is -1.73. The van der Waals surface area contributed by atoms with Gasteiger partial charge in [0.2, 0.25) is 11.8 Å². The highest BCUT2D eigenvalue weighted by Gasteiger charge is 2.27. The molecule has 0 aliphatic carbocycles. The molecule has 1 saturated heterocycles. The molecule has 3 rings (SSSR count). The quantitative estimate of drug-likeness (QED) is 0.628. The molecule has 8 heteroatoms. The lowest BCUT2D eigenvalue weighted by Gasteiger charge is -2.31. The minimum absolute atomic E-state index is 0.0708. The van der Waals surface area contributed by atoms with E-state index in [0.717, 1.165) is 11.1 Å². The number of carbonyl (C=O) groups excluding carboxylic acids is 2. The van der Waals surface area contributed by atoms with E-state index in [4.69, 9.17) is 23.2 Å². The standard InChI is InChI=1S/C20H21Cl2N3O2S/c1-12-5-6-15(8-17(12)22)23-18(26)9-16-10-19(27)25-20(24-16)28-11-13-3-2-4-14(21)7-13/h2-8,16,20,24H,9-11H2,1H3,(H,23,26)(H,25,27). The van der Waals surface area contributed by atoms with Crippen LogP contribution in [0.4, 0.5) is 5.69 Å². The minimum Gasteiger partial charge on any atom is -0.332 e. The zero-order valence-electron chi connectivity index (χ0n) is 15.3. The molecule has 1 aliphatic rings. The van der Waals surface area contributed by atoms with E-state index >= 15 is 0 Å². The Morgan fingerprint density at radius 3 is 2.82 bits per heavy atom. The third-order valence-electron chi connectivity index (χ3n) is 4.30. The second-order valence-electron chi connectivity index (χ2n) is 6.67. The molecular formula is C20H21Cl2N3O2S. The molecule has 2 atom stereocenters. The molecule has 148 valence electrons. The van der Waals surface area contributed by atoms with Crippen molar-refractivity contribution in [1.82, 2.24) is 10.6 Å². The SMILES string of the molecule is Cc1ccc(NC(=O)CC2CC(=O)NC(SCc3cccc(Cl)c3)N2)cc1Cl. The Morgan fingerprint density at radius 2 is 2.07 bits per heavy atom. The molecule has 2 unspecified atom stereocenters. The number of thioether (sulfide) groups is 1. The van der Waals surface area contributed by atoms with Crippen LogP contribution in [0.3, 0.4) is 0 Å². The average molecular weight is 438 g/mol. The Morgan fingerprint density at radius 1 is 1.25 bits per heavy atom. The van der Waals surface area contributed by atoms with Gasteiger partial charge in [0.25, 0.3) is 0 Å². The topological polar surface area (TPSA) is 70.2 Å². The van der Waals surface area contributed by atoms with Crippen molar-refractivity contribution in [2.75, 3.05) is 5.32 Å². The summed E-state index contributed by atoms with van der Waals surface area (Å²) in [5.41, 5.74) is 2.41. The monoisotopic (exact) mass is 437 g/mol. The summed E-state index contributed by atoms with van der Waals surface area (Å²) in [6, 6.07) is 12.8. The van der Waals surface area contributed by atoms with Crippen LogP contribution in [0.2, 0.25) is 10.0 Å². The predicted molar refractivity (Wildman–Crippen MR) is 116 cm³/mol. The molecule has 0 bridgehead atoms. The number of nitrogens with one attached hydrogen (secondary N) is 3. The Balaban J connectivity index is 1.52. The van der Waals surface area contributed by atoms with E-state index in [1.165, 1.54) is 0 Å². The highest BCUT2D eigenvalue weighted by atomic mass is 35.5. The van der Waals surface area contributed by atoms with Gasteiger partial charge in [-0.3, -0.25) is 14.9 Å². The van der Waals surface area contributed by atoms with Crippen molar-refractivity contribution in [2.45, 2.75) is 37.1 Å². The Bertz CT molecular complexity index is 878. The van der Waals surface area contributed by atoms with Crippen LogP contribution in [0.15, 0.2) is 42.5 Å². The second-order valence-corrected chi connectivity index (χ2v) is 8.61. The van der Waals surface area contributed by atoms with Crippen molar-refractivity contribution < 1.29 is 9.59 Å². The third-order valence-corrected chi connectivity index (χ3v) is 6.03. The summed E-state index contributed by atoms with van der Waals surface area (Å²) in [7, 11) is 0. The maximum absolute atomic E-state index is 12.4. The van der Waals surface area contributed by atoms with Crippen LogP contribution in [0, 0.1) is 6.92 Å². The molecule has 0 aromatic heterocycles. The first-order valence-electron chi connectivity index (χ1n) is 8.86. The number of hydrogen-bond acceptors (Lipinski definition) is 4. The summed E-state index contributed by atoms with van der Waals surface area (Å²) in [4.78, 5) is 24.4. The van der Waals surface area contributed by atoms with Gasteiger partial charge in [-0.25, -0.2) is 0 Å². The lowest BCUT2D eigenvalue weighted by molar-refractivity contribution is -0.124. The van der Waals surface area contributed by atoms with Crippen LogP contribution in [-0.2, 0) is 15.3 Å². The summed E-state index contributed by atoms with van der Waals surface area (Å²) in [6.45, 7) is 1.90. The first kappa shape index (κ1) is 21.0. The van der Waals surface area contributed by atoms with E-state index in [2.05, 4.69) is 16.0 Å². The fourth-order valence-corrected chi connectivity index (χ4v) is 4.31. The van der Waals surface area contributed by atoms with E-state index in [1.807, 2.05) is 43.3 Å². The van der Waals surface area contributed by atoms with Gasteiger partial charge in [-0.2, -0.15) is 0 Å². The molecule has 0 radical (unpaired) electrons. The van der Waals surface area contributed by atoms with Gasteiger partial charge in [0, 0.05) is 40.4 Å². The molecular weight excluding hydrogens is 417 g/mol. The number of benzene rings is 2. The van der Waals surface area contributed by atoms with Crippen LogP contribution < -0.4 is 16.0 Å². The first-order valence-corrected chi connectivity index (χ1v) is 10.7. The fourth-order valence-electron chi connectivity index (χ4n) is 2.88. The number of carbonyl (C=O) groups is 2. The van der Waals surface area contributed by atoms with Crippen LogP contribution in [0.25, 0.3) is 0 Å². The summed E-state index contributed by atoms with van der Waals surface area (Å²) in [5, 5.41) is 10.3. The number of hydrogen-bond donors (Lipinski definition) is 3. The van der Waals surface area contributed by atoms with Crippen molar-refractivity contribution in [1.29, 1.82) is 0 Å². The van der Waals surface area contributed by atoms with Gasteiger partial charge in [-0.1, -0.05) is 41.4 Å². The molecule has 3 N–H and O–H groups in total. The van der Waals surface area contributed by atoms with Gasteiger partial charge in [0.05, 0.1) is 0 Å². The van der Waals surface area contributed by atoms with Gasteiger partial charge >= 0.3 is 0 Å². The van der Waals surface area contributed by atoms with Crippen LogP contribution in [0.5, 0.6) is 0 Å². The molecule has 2 aromatic rings. The number of halogens is 2. The van der Waals surface area contributed by atoms with Gasteiger partial charge in [0.15, 0.2) is 0 Å². The lowest BCUT2D eigenvalue weighted by Crippen LogP contribution is -2.55. The molecule has 1 aliphatic heterocycles. The van der Waals surface area contributed by atoms with Gasteiger partial charge < -0.3 is 10.6 Å². The second kappa shape index (κ2) is 9.65. The molecule has 1 fully saturated rings. The zero-order chi connectivity index (χ0) is 20.1. The normalized spacial score (nSPS) is 19.2. The summed E-state index contributed by atoms with van der Waals surface area (Å²) >= 11 is 13.7. The third kappa shape index (κ3) is 6.14. The number of anilines is 1. The zero-order valence-corrected chi connectivity index (χ0v) is 17.6. The van der Waals surface area contributed by atoms with E-state index in [-0.39, 0.29) is 36.2 Å². The molecule has 0 saturated carbocycles. The van der Waals surface area contributed by atoms with E-state index in [9.17, 15) is 9.59 Å². The molecule has 0 spiro atoms. The fraction of sp³-hybridized carbons (Fsp3) is 0.300. The van der Waals surface area contributed by atoms with Crippen molar-refractivity contribution in [3.8, 4) is 0 Å². The summed E-state index contributed by atoms with van der Waals surface area (Å²) < 4.78 is 0. The molecule has 5 nitrogen and oxygen atoms in total. The van der Waals surface area contributed by atoms with E-state index in [0.29, 0.717) is 21.5 Å². The molecule has 28 heavy (non-hydrogen) atoms. The van der Waals surface area contributed by atoms with Crippen molar-refractivity contribution in [3.63, 3.8) is 0 Å². The van der Waals surface area contributed by atoms with E-state index in [1.54, 1.807) is 17.8 Å². The lowest BCUT2D eigenvalue weighted by atomic mass is 10.1. The van der Waals surface area contributed by atoms with Crippen LogP contribution >= 0.6 is 35.0 Å². The average Bonchev–Trinajstić information content (AvgIpc) is 2.63. The summed E-state index contributed by atoms with van der Waals surface area (Å²) in [5.74, 6) is 0.462. The van der Waals surface area contributed by atoms with Gasteiger partial charge in [-0.15, -0.1) is 11.8 Å². The maximum atomic E-state index is 12.4. The van der Waals surface area contributed by atoms with Crippen LogP contribution in [-0.4, -0.2) is 23.4 Å². The Kier molecular flexibility index (Phi) is 7.24. The number of aryl methyl sites for hydroxylation is 1. The highest BCUT2D eigenvalue weighted by Crippen LogP contribution is 2.22. The largest absolute Gasteiger partial charge is 0.332 e. The number of amides is 2. The van der Waals surface area contributed by atoms with Crippen molar-refractivity contribution >= 4 is 52.5 Å². The van der Waals surface area contributed by atoms with Gasteiger partial charge in [-0.05, 0) is 42.3 Å². The molecule has 1 heterocycles. The van der Waals surface area contributed by atoms with Gasteiger partial charge in [0.1, 0.15) is 5.50 Å². The number of rotatable bonds is 6. The Labute approximate surface area is 178 Å². The smallest absolute Gasteiger partial charge is 0.225 e. The van der Waals surface area contributed by atoms with E-state index < -0.39 is 0 Å². The maximum Gasteiger partial charge on any atom is 0.225 e. The van der Waals surface area contributed by atoms with Crippen molar-refractivity contribution in [3.05, 3.63) is 63.6 Å². The summed E-state index contributed by atoms with van der Waals surface area (Å²) in [6.07, 6.45) is 0.462. The minimum atomic E-state index is -0.258. The molecule has 2 amide bonds. The highest BCUT2D eigenvalue weighted by molar-refractivity contribution is 7.99. The van der Waals surface area contributed by atoms with Crippen LogP contribution in [0.1, 0.15) is 24.0 Å².